The van der Waals surface area contributed by atoms with Crippen molar-refractivity contribution in [1.82, 2.24) is 10.2 Å². The molecule has 2 rings (SSSR count). The quantitative estimate of drug-likeness (QED) is 0.580. The van der Waals surface area contributed by atoms with Crippen molar-refractivity contribution in [2.45, 2.75) is 53.1 Å². The predicted molar refractivity (Wildman–Crippen MR) is 117 cm³/mol. The maximum atomic E-state index is 12.1. The van der Waals surface area contributed by atoms with Crippen LogP contribution in [0.2, 0.25) is 0 Å². The van der Waals surface area contributed by atoms with Gasteiger partial charge in [0.1, 0.15) is 0 Å². The SMILES string of the molecule is CCN(CC)c1ccc(CN2CCC(C(=O)NC(C)C)CC2)cc1.O=C(O)C(=O)O. The number of aliphatic carboxylic acids is 2. The minimum atomic E-state index is -1.82. The molecule has 3 N–H and O–H groups in total. The molecule has 0 atom stereocenters. The van der Waals surface area contributed by atoms with Crippen molar-refractivity contribution in [2.75, 3.05) is 31.1 Å². The van der Waals surface area contributed by atoms with E-state index in [1.165, 1.54) is 11.3 Å². The maximum Gasteiger partial charge on any atom is 0.414 e. The number of benzene rings is 1. The molecule has 1 saturated heterocycles. The molecule has 0 bridgehead atoms. The molecule has 1 aromatic rings. The minimum Gasteiger partial charge on any atom is -0.473 e. The molecule has 1 fully saturated rings. The Kier molecular flexibility index (Phi) is 10.9. The summed E-state index contributed by atoms with van der Waals surface area (Å²) in [7, 11) is 0. The highest BCUT2D eigenvalue weighted by atomic mass is 16.4. The van der Waals surface area contributed by atoms with Crippen LogP contribution in [0.3, 0.4) is 0 Å². The molecule has 8 nitrogen and oxygen atoms in total. The van der Waals surface area contributed by atoms with E-state index in [-0.39, 0.29) is 17.9 Å². The molecule has 30 heavy (non-hydrogen) atoms. The fourth-order valence-corrected chi connectivity index (χ4v) is 3.41. The summed E-state index contributed by atoms with van der Waals surface area (Å²) >= 11 is 0. The molecule has 0 radical (unpaired) electrons. The largest absolute Gasteiger partial charge is 0.473 e. The number of hydrogen-bond acceptors (Lipinski definition) is 5. The number of carbonyl (C=O) groups is 3. The van der Waals surface area contributed by atoms with Crippen LogP contribution in [-0.2, 0) is 20.9 Å². The first-order valence-corrected chi connectivity index (χ1v) is 10.5. The molecule has 1 aliphatic heterocycles. The van der Waals surface area contributed by atoms with Gasteiger partial charge in [-0.2, -0.15) is 0 Å². The molecular formula is C22H35N3O5. The first-order valence-electron chi connectivity index (χ1n) is 10.5. The van der Waals surface area contributed by atoms with Gasteiger partial charge in [-0.3, -0.25) is 9.69 Å². The number of amides is 1. The number of rotatable bonds is 7. The number of carbonyl (C=O) groups excluding carboxylic acids is 1. The maximum absolute atomic E-state index is 12.1. The second-order valence-corrected chi connectivity index (χ2v) is 7.66. The summed E-state index contributed by atoms with van der Waals surface area (Å²) in [4.78, 5) is 35.1. The van der Waals surface area contributed by atoms with Crippen LogP contribution in [0.1, 0.15) is 46.1 Å². The molecule has 0 unspecified atom stereocenters. The van der Waals surface area contributed by atoms with Crippen molar-refractivity contribution < 1.29 is 24.6 Å². The molecule has 1 amide bonds. The minimum absolute atomic E-state index is 0.189. The number of carboxylic acid groups (broad SMARTS) is 2. The van der Waals surface area contributed by atoms with Crippen molar-refractivity contribution in [2.24, 2.45) is 5.92 Å². The van der Waals surface area contributed by atoms with E-state index in [1.807, 2.05) is 13.8 Å². The fraction of sp³-hybridized carbons (Fsp3) is 0.591. The Morgan fingerprint density at radius 1 is 1.03 bits per heavy atom. The highest BCUT2D eigenvalue weighted by Gasteiger charge is 2.25. The van der Waals surface area contributed by atoms with Gasteiger partial charge in [0.25, 0.3) is 0 Å². The molecule has 168 valence electrons. The molecule has 8 heteroatoms. The molecule has 1 aromatic carbocycles. The third-order valence-corrected chi connectivity index (χ3v) is 5.04. The van der Waals surface area contributed by atoms with Gasteiger partial charge in [-0.05, 0) is 71.3 Å². The third kappa shape index (κ3) is 8.82. The smallest absolute Gasteiger partial charge is 0.414 e. The monoisotopic (exact) mass is 421 g/mol. The van der Waals surface area contributed by atoms with Gasteiger partial charge >= 0.3 is 11.9 Å². The van der Waals surface area contributed by atoms with Gasteiger partial charge < -0.3 is 20.4 Å². The molecule has 0 spiro atoms. The molecule has 1 aliphatic rings. The first kappa shape index (κ1) is 25.4. The van der Waals surface area contributed by atoms with E-state index in [0.29, 0.717) is 0 Å². The number of carboxylic acids is 2. The Morgan fingerprint density at radius 3 is 1.93 bits per heavy atom. The highest BCUT2D eigenvalue weighted by Crippen LogP contribution is 2.21. The second kappa shape index (κ2) is 12.8. The number of anilines is 1. The third-order valence-electron chi connectivity index (χ3n) is 5.04. The molecule has 0 aliphatic carbocycles. The highest BCUT2D eigenvalue weighted by molar-refractivity contribution is 6.27. The van der Waals surface area contributed by atoms with Crippen molar-refractivity contribution in [1.29, 1.82) is 0 Å². The van der Waals surface area contributed by atoms with Crippen LogP contribution in [-0.4, -0.2) is 65.2 Å². The van der Waals surface area contributed by atoms with Gasteiger partial charge in [0.05, 0.1) is 0 Å². The summed E-state index contributed by atoms with van der Waals surface area (Å²) in [5, 5.41) is 17.8. The lowest BCUT2D eigenvalue weighted by Gasteiger charge is -2.31. The summed E-state index contributed by atoms with van der Waals surface area (Å²) in [6.45, 7) is 13.5. The normalized spacial score (nSPS) is 14.6. The summed E-state index contributed by atoms with van der Waals surface area (Å²) in [5.41, 5.74) is 2.66. The zero-order chi connectivity index (χ0) is 22.7. The van der Waals surface area contributed by atoms with E-state index in [4.69, 9.17) is 19.8 Å². The number of piperidine rings is 1. The number of nitrogens with one attached hydrogen (secondary N) is 1. The summed E-state index contributed by atoms with van der Waals surface area (Å²) in [5.74, 6) is -3.23. The predicted octanol–water partition coefficient (Wildman–Crippen LogP) is 2.43. The number of likely N-dealkylation sites (tertiary alicyclic amines) is 1. The van der Waals surface area contributed by atoms with Crippen LogP contribution in [0.25, 0.3) is 0 Å². The summed E-state index contributed by atoms with van der Waals surface area (Å²) < 4.78 is 0. The van der Waals surface area contributed by atoms with E-state index in [0.717, 1.165) is 45.6 Å². The zero-order valence-electron chi connectivity index (χ0n) is 18.4. The topological polar surface area (TPSA) is 110 Å². The lowest BCUT2D eigenvalue weighted by Crippen LogP contribution is -2.42. The van der Waals surface area contributed by atoms with Crippen molar-refractivity contribution in [3.8, 4) is 0 Å². The molecular weight excluding hydrogens is 386 g/mol. The van der Waals surface area contributed by atoms with Gasteiger partial charge in [-0.15, -0.1) is 0 Å². The Balaban J connectivity index is 0.000000656. The van der Waals surface area contributed by atoms with E-state index < -0.39 is 11.9 Å². The van der Waals surface area contributed by atoms with Crippen LogP contribution in [0.15, 0.2) is 24.3 Å². The zero-order valence-corrected chi connectivity index (χ0v) is 18.4. The van der Waals surface area contributed by atoms with Gasteiger partial charge in [-0.1, -0.05) is 12.1 Å². The van der Waals surface area contributed by atoms with Crippen LogP contribution >= 0.6 is 0 Å². The van der Waals surface area contributed by atoms with Gasteiger partial charge in [-0.25, -0.2) is 9.59 Å². The lowest BCUT2D eigenvalue weighted by molar-refractivity contribution is -0.159. The number of nitrogens with zero attached hydrogens (tertiary/aromatic N) is 2. The van der Waals surface area contributed by atoms with E-state index in [1.54, 1.807) is 0 Å². The van der Waals surface area contributed by atoms with Crippen molar-refractivity contribution >= 4 is 23.5 Å². The van der Waals surface area contributed by atoms with Gasteiger partial charge in [0, 0.05) is 37.3 Å². The Bertz CT molecular complexity index is 667. The van der Waals surface area contributed by atoms with Crippen LogP contribution in [0.5, 0.6) is 0 Å². The summed E-state index contributed by atoms with van der Waals surface area (Å²) in [6.07, 6.45) is 1.94. The van der Waals surface area contributed by atoms with Crippen LogP contribution < -0.4 is 10.2 Å². The van der Waals surface area contributed by atoms with Crippen molar-refractivity contribution in [3.05, 3.63) is 29.8 Å². The Hall–Kier alpha value is -2.61. The van der Waals surface area contributed by atoms with Crippen LogP contribution in [0, 0.1) is 5.92 Å². The lowest BCUT2D eigenvalue weighted by atomic mass is 9.95. The number of hydrogen-bond donors (Lipinski definition) is 3. The average Bonchev–Trinajstić information content (AvgIpc) is 2.70. The van der Waals surface area contributed by atoms with Crippen LogP contribution in [0.4, 0.5) is 5.69 Å². The van der Waals surface area contributed by atoms with E-state index in [2.05, 4.69) is 53.2 Å². The Morgan fingerprint density at radius 2 is 1.53 bits per heavy atom. The average molecular weight is 422 g/mol. The van der Waals surface area contributed by atoms with E-state index in [9.17, 15) is 4.79 Å². The standard InChI is InChI=1S/C20H33N3O.C2H2O4/c1-5-23(6-2)19-9-7-17(8-10-19)15-22-13-11-18(12-14-22)20(24)21-16(3)4;3-1(4)2(5)6/h7-10,16,18H,5-6,11-15H2,1-4H3,(H,21,24);(H,3,4)(H,5,6). The summed E-state index contributed by atoms with van der Waals surface area (Å²) in [6, 6.07) is 9.17. The fourth-order valence-electron chi connectivity index (χ4n) is 3.41. The second-order valence-electron chi connectivity index (χ2n) is 7.66. The first-order chi connectivity index (χ1) is 14.2. The Labute approximate surface area is 178 Å². The molecule has 0 aromatic heterocycles. The van der Waals surface area contributed by atoms with E-state index >= 15 is 0 Å². The van der Waals surface area contributed by atoms with Gasteiger partial charge in [0.15, 0.2) is 0 Å². The molecule has 0 saturated carbocycles. The van der Waals surface area contributed by atoms with Gasteiger partial charge in [0.2, 0.25) is 5.91 Å². The molecule has 1 heterocycles. The van der Waals surface area contributed by atoms with Crippen molar-refractivity contribution in [3.63, 3.8) is 0 Å².